The highest BCUT2D eigenvalue weighted by Crippen LogP contribution is 1.94. The Kier molecular flexibility index (Phi) is 3.31. The summed E-state index contributed by atoms with van der Waals surface area (Å²) in [7, 11) is 0. The zero-order valence-electron chi connectivity index (χ0n) is 3.82. The van der Waals surface area contributed by atoms with Crippen molar-refractivity contribution in [3.05, 3.63) is 0 Å². The van der Waals surface area contributed by atoms with E-state index in [-0.39, 0.29) is 6.42 Å². The van der Waals surface area contributed by atoms with Crippen LogP contribution in [0.15, 0.2) is 0 Å². The molecule has 0 rings (SSSR count). The van der Waals surface area contributed by atoms with Crippen molar-refractivity contribution < 1.29 is 8.78 Å². The molecule has 0 radical (unpaired) electrons. The Morgan fingerprint density at radius 2 is 2.29 bits per heavy atom. The molecule has 0 aromatic rings. The molecule has 1 unspecified atom stereocenters. The third kappa shape index (κ3) is 3.24. The molecule has 0 amide bonds. The van der Waals surface area contributed by atoms with Crippen LogP contribution in [-0.2, 0) is 0 Å². The fourth-order valence-corrected chi connectivity index (χ4v) is 0.182. The van der Waals surface area contributed by atoms with Crippen molar-refractivity contribution in [2.45, 2.75) is 12.6 Å². The summed E-state index contributed by atoms with van der Waals surface area (Å²) in [5, 5.41) is 0. The highest BCUT2D eigenvalue weighted by atomic mass is 19.2. The molecule has 0 aliphatic heterocycles. The Labute approximate surface area is 41.5 Å². The van der Waals surface area contributed by atoms with E-state index in [0.29, 0.717) is 0 Å². The average molecular weight is 104 g/mol. The first-order chi connectivity index (χ1) is 3.31. The van der Waals surface area contributed by atoms with Crippen LogP contribution in [0.3, 0.4) is 0 Å². The van der Waals surface area contributed by atoms with Gasteiger partial charge in [0.15, 0.2) is 0 Å². The predicted molar refractivity (Wildman–Crippen MR) is 24.3 cm³/mol. The molecule has 40 valence electrons. The van der Waals surface area contributed by atoms with Crippen LogP contribution in [0.1, 0.15) is 6.42 Å². The summed E-state index contributed by atoms with van der Waals surface area (Å²) in [4.78, 5) is 0. The van der Waals surface area contributed by atoms with Gasteiger partial charge < -0.3 is 0 Å². The first kappa shape index (κ1) is 6.42. The van der Waals surface area contributed by atoms with Crippen LogP contribution in [0.5, 0.6) is 0 Å². The van der Waals surface area contributed by atoms with Crippen LogP contribution in [0.2, 0.25) is 0 Å². The van der Waals surface area contributed by atoms with Crippen molar-refractivity contribution in [2.24, 2.45) is 0 Å². The molecular formula is C5H6F2. The van der Waals surface area contributed by atoms with Crippen molar-refractivity contribution in [3.8, 4) is 12.3 Å². The predicted octanol–water partition coefficient (Wildman–Crippen LogP) is 1.32. The number of terminal acetylenes is 1. The van der Waals surface area contributed by atoms with Gasteiger partial charge in [-0.2, -0.15) is 0 Å². The summed E-state index contributed by atoms with van der Waals surface area (Å²) < 4.78 is 22.7. The summed E-state index contributed by atoms with van der Waals surface area (Å²) >= 11 is 0. The van der Waals surface area contributed by atoms with E-state index >= 15 is 0 Å². The van der Waals surface area contributed by atoms with Crippen molar-refractivity contribution in [1.82, 2.24) is 0 Å². The lowest BCUT2D eigenvalue weighted by molar-refractivity contribution is 0.266. The van der Waals surface area contributed by atoms with Gasteiger partial charge in [-0.05, 0) is 0 Å². The first-order valence-electron chi connectivity index (χ1n) is 1.94. The van der Waals surface area contributed by atoms with Gasteiger partial charge in [-0.1, -0.05) is 0 Å². The summed E-state index contributed by atoms with van der Waals surface area (Å²) in [6.07, 6.45) is 3.08. The fraction of sp³-hybridized carbons (Fsp3) is 0.600. The molecule has 0 nitrogen and oxygen atoms in total. The highest BCUT2D eigenvalue weighted by molar-refractivity contribution is 4.86. The normalized spacial score (nSPS) is 12.7. The topological polar surface area (TPSA) is 0 Å². The molecule has 0 bridgehead atoms. The SMILES string of the molecule is C#CCC(F)CF. The minimum Gasteiger partial charge on any atom is -0.248 e. The van der Waals surface area contributed by atoms with Gasteiger partial charge in [0.05, 0.1) is 0 Å². The zero-order chi connectivity index (χ0) is 5.70. The fourth-order valence-electron chi connectivity index (χ4n) is 0.182. The van der Waals surface area contributed by atoms with E-state index in [9.17, 15) is 8.78 Å². The maximum absolute atomic E-state index is 11.6. The molecule has 0 N–H and O–H groups in total. The van der Waals surface area contributed by atoms with Crippen LogP contribution >= 0.6 is 0 Å². The van der Waals surface area contributed by atoms with Gasteiger partial charge in [-0.15, -0.1) is 12.3 Å². The van der Waals surface area contributed by atoms with E-state index in [1.807, 2.05) is 5.92 Å². The average Bonchev–Trinajstić information content (AvgIpc) is 1.68. The molecule has 0 aliphatic rings. The van der Waals surface area contributed by atoms with Crippen LogP contribution in [0.4, 0.5) is 8.78 Å². The Balaban J connectivity index is 3.03. The molecule has 0 saturated carbocycles. The van der Waals surface area contributed by atoms with E-state index in [1.54, 1.807) is 0 Å². The van der Waals surface area contributed by atoms with Crippen LogP contribution in [0.25, 0.3) is 0 Å². The second-order valence-electron chi connectivity index (χ2n) is 1.16. The van der Waals surface area contributed by atoms with E-state index in [2.05, 4.69) is 6.42 Å². The lowest BCUT2D eigenvalue weighted by atomic mass is 10.3. The molecule has 1 atom stereocenters. The number of rotatable bonds is 2. The Morgan fingerprint density at radius 1 is 1.71 bits per heavy atom. The highest BCUT2D eigenvalue weighted by Gasteiger charge is 1.99. The first-order valence-corrected chi connectivity index (χ1v) is 1.94. The van der Waals surface area contributed by atoms with Gasteiger partial charge in [0, 0.05) is 6.42 Å². The molecule has 0 saturated heterocycles. The van der Waals surface area contributed by atoms with Crippen LogP contribution < -0.4 is 0 Å². The maximum atomic E-state index is 11.6. The number of alkyl halides is 2. The minimum atomic E-state index is -1.45. The van der Waals surface area contributed by atoms with Crippen LogP contribution in [-0.4, -0.2) is 12.8 Å². The number of halogens is 2. The summed E-state index contributed by atoms with van der Waals surface area (Å²) in [6.45, 7) is -0.968. The van der Waals surface area contributed by atoms with E-state index in [0.717, 1.165) is 0 Å². The molecule has 0 fully saturated rings. The standard InChI is InChI=1S/C5H6F2/c1-2-3-5(7)4-6/h1,5H,3-4H2. The van der Waals surface area contributed by atoms with Gasteiger partial charge >= 0.3 is 0 Å². The van der Waals surface area contributed by atoms with E-state index in [4.69, 9.17) is 0 Å². The maximum Gasteiger partial charge on any atom is 0.139 e. The second-order valence-corrected chi connectivity index (χ2v) is 1.16. The quantitative estimate of drug-likeness (QED) is 0.463. The molecule has 2 heteroatoms. The smallest absolute Gasteiger partial charge is 0.139 e. The lowest BCUT2D eigenvalue weighted by Gasteiger charge is -1.91. The Hall–Kier alpha value is -0.580. The van der Waals surface area contributed by atoms with Crippen molar-refractivity contribution in [1.29, 1.82) is 0 Å². The van der Waals surface area contributed by atoms with Crippen molar-refractivity contribution in [3.63, 3.8) is 0 Å². The molecule has 0 aromatic heterocycles. The number of hydrogen-bond donors (Lipinski definition) is 0. The summed E-state index contributed by atoms with van der Waals surface area (Å²) in [6, 6.07) is 0. The van der Waals surface area contributed by atoms with Gasteiger partial charge in [0.2, 0.25) is 0 Å². The summed E-state index contributed by atoms with van der Waals surface area (Å²) in [5.74, 6) is 2.00. The van der Waals surface area contributed by atoms with Crippen LogP contribution in [0, 0.1) is 12.3 Å². The van der Waals surface area contributed by atoms with E-state index < -0.39 is 12.8 Å². The molecular weight excluding hydrogens is 98.1 g/mol. The molecule has 0 aromatic carbocycles. The molecule has 0 spiro atoms. The zero-order valence-corrected chi connectivity index (χ0v) is 3.82. The molecule has 7 heavy (non-hydrogen) atoms. The largest absolute Gasteiger partial charge is 0.248 e. The second kappa shape index (κ2) is 3.60. The van der Waals surface area contributed by atoms with E-state index in [1.165, 1.54) is 0 Å². The van der Waals surface area contributed by atoms with Crippen molar-refractivity contribution in [2.75, 3.05) is 6.67 Å². The third-order valence-electron chi connectivity index (χ3n) is 0.507. The van der Waals surface area contributed by atoms with Crippen molar-refractivity contribution >= 4 is 0 Å². The minimum absolute atomic E-state index is 0.115. The van der Waals surface area contributed by atoms with Gasteiger partial charge in [-0.3, -0.25) is 0 Å². The molecule has 0 aliphatic carbocycles. The monoisotopic (exact) mass is 104 g/mol. The third-order valence-corrected chi connectivity index (χ3v) is 0.507. The Morgan fingerprint density at radius 3 is 2.43 bits per heavy atom. The number of hydrogen-bond acceptors (Lipinski definition) is 0. The van der Waals surface area contributed by atoms with Gasteiger partial charge in [0.25, 0.3) is 0 Å². The molecule has 0 heterocycles. The van der Waals surface area contributed by atoms with Gasteiger partial charge in [0.1, 0.15) is 12.8 Å². The Bertz CT molecular complexity index is 72.6. The van der Waals surface area contributed by atoms with Gasteiger partial charge in [-0.25, -0.2) is 8.78 Å². The lowest BCUT2D eigenvalue weighted by Crippen LogP contribution is -1.98. The summed E-state index contributed by atoms with van der Waals surface area (Å²) in [5.41, 5.74) is 0.